The highest BCUT2D eigenvalue weighted by Gasteiger charge is 2.72. The Kier molecular flexibility index (Phi) is 13.3. The molecule has 0 aromatic carbocycles. The Hall–Kier alpha value is -0.810. The summed E-state index contributed by atoms with van der Waals surface area (Å²) in [6.45, 7) is 30.9. The molecule has 0 aromatic rings. The first-order chi connectivity index (χ1) is 28.0. The molecule has 1 amide bonds. The van der Waals surface area contributed by atoms with Gasteiger partial charge in [0.2, 0.25) is 5.91 Å². The van der Waals surface area contributed by atoms with Gasteiger partial charge in [-0.25, -0.2) is 0 Å². The van der Waals surface area contributed by atoms with Crippen molar-refractivity contribution < 1.29 is 34.3 Å². The summed E-state index contributed by atoms with van der Waals surface area (Å²) < 4.78 is 18.0. The molecule has 7 rings (SSSR count). The Balaban J connectivity index is 1.04. The van der Waals surface area contributed by atoms with Crippen molar-refractivity contribution in [1.29, 1.82) is 0 Å². The number of aliphatic hydroxyl groups is 3. The number of ether oxygens (including phenoxy) is 3. The largest absolute Gasteiger partial charge is 0.390 e. The SMILES string of the molecule is COCCOC1CCN(CC(C)(C)NC(=O)[C@]23CC[C@@H](C(C)C)C2C2CC[C@H]4C(C)(CC[C@H]5C(C)(C)C(OCC(O)[C@H]6C[C@@H](C(O)O)C6(C)C)CC[C@@]54C)[C@]2(C)CC3)CC1. The highest BCUT2D eigenvalue weighted by Crippen LogP contribution is 2.77. The molecule has 7 fully saturated rings. The number of nitrogens with zero attached hydrogens (tertiary/aromatic N) is 1. The van der Waals surface area contributed by atoms with E-state index in [1.165, 1.54) is 32.1 Å². The van der Waals surface area contributed by atoms with Gasteiger partial charge in [0.05, 0.1) is 43.5 Å². The first kappa shape index (κ1) is 47.2. The van der Waals surface area contributed by atoms with E-state index in [9.17, 15) is 15.3 Å². The summed E-state index contributed by atoms with van der Waals surface area (Å²) in [5.41, 5.74) is -0.296. The van der Waals surface area contributed by atoms with Crippen molar-refractivity contribution in [2.75, 3.05) is 46.6 Å². The number of amides is 1. The van der Waals surface area contributed by atoms with Gasteiger partial charge in [-0.05, 0) is 166 Å². The maximum absolute atomic E-state index is 15.1. The Bertz CT molecular complexity index is 1510. The number of aliphatic hydroxyl groups excluding tert-OH is 2. The van der Waals surface area contributed by atoms with Gasteiger partial charge in [0.25, 0.3) is 0 Å². The van der Waals surface area contributed by atoms with Crippen LogP contribution in [0.5, 0.6) is 0 Å². The number of methoxy groups -OCH3 is 1. The fourth-order valence-corrected chi connectivity index (χ4v) is 17.1. The third kappa shape index (κ3) is 7.80. The minimum atomic E-state index is -1.34. The summed E-state index contributed by atoms with van der Waals surface area (Å²) >= 11 is 0. The molecule has 346 valence electrons. The number of nitrogens with one attached hydrogen (secondary N) is 1. The third-order valence-corrected chi connectivity index (χ3v) is 20.7. The van der Waals surface area contributed by atoms with Crippen molar-refractivity contribution in [3.05, 3.63) is 0 Å². The number of carbonyl (C=O) groups excluding carboxylic acids is 1. The van der Waals surface area contributed by atoms with Crippen LogP contribution in [0.15, 0.2) is 0 Å². The molecule has 13 atom stereocenters. The van der Waals surface area contributed by atoms with Gasteiger partial charge in [-0.2, -0.15) is 0 Å². The maximum atomic E-state index is 15.1. The number of rotatable bonds is 14. The van der Waals surface area contributed by atoms with Crippen molar-refractivity contribution in [3.8, 4) is 0 Å². The van der Waals surface area contributed by atoms with Crippen LogP contribution >= 0.6 is 0 Å². The molecule has 60 heavy (non-hydrogen) atoms. The maximum Gasteiger partial charge on any atom is 0.226 e. The van der Waals surface area contributed by atoms with Gasteiger partial charge in [0.15, 0.2) is 6.29 Å². The molecular weight excluding hydrogens is 753 g/mol. The lowest BCUT2D eigenvalue weighted by atomic mass is 9.32. The summed E-state index contributed by atoms with van der Waals surface area (Å²) in [6.07, 6.45) is 12.6. The van der Waals surface area contributed by atoms with Crippen LogP contribution in [0, 0.1) is 79.8 Å². The Labute approximate surface area is 365 Å². The van der Waals surface area contributed by atoms with E-state index >= 15 is 4.79 Å². The molecule has 1 heterocycles. The molecule has 1 saturated heterocycles. The van der Waals surface area contributed by atoms with E-state index in [2.05, 4.69) is 72.5 Å². The Morgan fingerprint density at radius 3 is 2.10 bits per heavy atom. The second-order valence-electron chi connectivity index (χ2n) is 24.9. The average molecular weight is 843 g/mol. The van der Waals surface area contributed by atoms with E-state index in [1.54, 1.807) is 7.11 Å². The van der Waals surface area contributed by atoms with Gasteiger partial charge >= 0.3 is 0 Å². The van der Waals surface area contributed by atoms with E-state index in [4.69, 9.17) is 14.2 Å². The molecule has 0 radical (unpaired) electrons. The van der Waals surface area contributed by atoms with Crippen molar-refractivity contribution >= 4 is 5.91 Å². The van der Waals surface area contributed by atoms with Crippen LogP contribution < -0.4 is 5.32 Å². The first-order valence-corrected chi connectivity index (χ1v) is 24.8. The topological polar surface area (TPSA) is 121 Å². The van der Waals surface area contributed by atoms with Crippen LogP contribution in [0.3, 0.4) is 0 Å². The fraction of sp³-hybridized carbons (Fsp3) is 0.980. The number of piperidine rings is 1. The number of likely N-dealkylation sites (tertiary alicyclic amines) is 1. The Morgan fingerprint density at radius 1 is 0.767 bits per heavy atom. The van der Waals surface area contributed by atoms with Crippen molar-refractivity contribution in [3.63, 3.8) is 0 Å². The van der Waals surface area contributed by atoms with E-state index in [1.807, 2.05) is 13.8 Å². The lowest BCUT2D eigenvalue weighted by molar-refractivity contribution is -0.255. The van der Waals surface area contributed by atoms with Gasteiger partial charge in [-0.1, -0.05) is 62.3 Å². The number of hydrogen-bond donors (Lipinski definition) is 4. The van der Waals surface area contributed by atoms with Crippen LogP contribution in [-0.4, -0.2) is 103 Å². The summed E-state index contributed by atoms with van der Waals surface area (Å²) in [6, 6.07) is 0. The second-order valence-corrected chi connectivity index (χ2v) is 24.9. The minimum Gasteiger partial charge on any atom is -0.390 e. The van der Waals surface area contributed by atoms with Crippen LogP contribution in [0.25, 0.3) is 0 Å². The third-order valence-electron chi connectivity index (χ3n) is 20.7. The fourth-order valence-electron chi connectivity index (χ4n) is 17.1. The van der Waals surface area contributed by atoms with Gasteiger partial charge in [0.1, 0.15) is 0 Å². The summed E-state index contributed by atoms with van der Waals surface area (Å²) in [5, 5.41) is 34.8. The molecule has 6 aliphatic carbocycles. The highest BCUT2D eigenvalue weighted by atomic mass is 16.5. The van der Waals surface area contributed by atoms with Crippen molar-refractivity contribution in [2.24, 2.45) is 79.8 Å². The molecule has 4 N–H and O–H groups in total. The monoisotopic (exact) mass is 843 g/mol. The second kappa shape index (κ2) is 16.9. The molecule has 9 nitrogen and oxygen atoms in total. The van der Waals surface area contributed by atoms with Crippen molar-refractivity contribution in [2.45, 2.75) is 190 Å². The van der Waals surface area contributed by atoms with Gasteiger partial charge in [-0.15, -0.1) is 0 Å². The number of fused-ring (bicyclic) bond motifs is 7. The molecule has 1 aliphatic heterocycles. The average Bonchev–Trinajstić information content (AvgIpc) is 3.56. The van der Waals surface area contributed by atoms with E-state index in [-0.39, 0.29) is 56.0 Å². The van der Waals surface area contributed by atoms with Crippen molar-refractivity contribution in [1.82, 2.24) is 10.2 Å². The normalized spacial score (nSPS) is 43.4. The highest BCUT2D eigenvalue weighted by molar-refractivity contribution is 5.84. The zero-order valence-corrected chi connectivity index (χ0v) is 40.3. The molecule has 0 spiro atoms. The predicted octanol–water partition coefficient (Wildman–Crippen LogP) is 8.47. The smallest absolute Gasteiger partial charge is 0.226 e. The number of carbonyl (C=O) groups is 1. The molecule has 0 aromatic heterocycles. The lowest BCUT2D eigenvalue weighted by Gasteiger charge is -2.73. The summed E-state index contributed by atoms with van der Waals surface area (Å²) in [5.74, 6) is 3.48. The predicted molar refractivity (Wildman–Crippen MR) is 238 cm³/mol. The van der Waals surface area contributed by atoms with Crippen LogP contribution in [-0.2, 0) is 19.0 Å². The Morgan fingerprint density at radius 2 is 1.47 bits per heavy atom. The van der Waals surface area contributed by atoms with Gasteiger partial charge in [-0.3, -0.25) is 4.79 Å². The molecule has 0 bridgehead atoms. The van der Waals surface area contributed by atoms with Gasteiger partial charge in [0, 0.05) is 38.2 Å². The lowest BCUT2D eigenvalue weighted by Crippen LogP contribution is -2.68. The molecule has 9 heteroatoms. The van der Waals surface area contributed by atoms with E-state index in [0.29, 0.717) is 73.8 Å². The molecule has 7 aliphatic rings. The number of hydrogen-bond acceptors (Lipinski definition) is 8. The van der Waals surface area contributed by atoms with Crippen LogP contribution in [0.4, 0.5) is 0 Å². The summed E-state index contributed by atoms with van der Waals surface area (Å²) in [4.78, 5) is 17.7. The molecular formula is C51H90N2O7. The van der Waals surface area contributed by atoms with Crippen LogP contribution in [0.1, 0.15) is 160 Å². The van der Waals surface area contributed by atoms with E-state index < -0.39 is 12.4 Å². The standard InChI is InChI=1S/C51H90N2O7/c1-32(2)34-15-22-51(44(57)52-45(3,4)31-53-25-18-33(19-26-53)59-28-27-58-12)24-23-49(10)35(42(34)51)13-14-40-48(9)20-17-41(47(7,8)39(48)16-21-50(40,49)11)60-30-38(54)36-29-37(43(55)56)46(36,5)6/h32-43,54-56H,13-31H2,1-12H3,(H,52,57)/t34-,35?,36+,37-,38?,39-,40+,41?,42?,48-,49+,50?,51-/m0/s1. The zero-order valence-electron chi connectivity index (χ0n) is 40.3. The van der Waals surface area contributed by atoms with E-state index in [0.717, 1.165) is 64.6 Å². The quantitative estimate of drug-likeness (QED) is 0.102. The summed E-state index contributed by atoms with van der Waals surface area (Å²) in [7, 11) is 1.72. The minimum absolute atomic E-state index is 0.00926. The van der Waals surface area contributed by atoms with Gasteiger partial charge < -0.3 is 39.7 Å². The van der Waals surface area contributed by atoms with Crippen LogP contribution in [0.2, 0.25) is 0 Å². The molecule has 5 unspecified atom stereocenters. The zero-order chi connectivity index (χ0) is 43.8. The first-order valence-electron chi connectivity index (χ1n) is 24.8. The molecule has 6 saturated carbocycles.